The van der Waals surface area contributed by atoms with Gasteiger partial charge in [-0.25, -0.2) is 8.42 Å². The molecule has 1 aromatic heterocycles. The van der Waals surface area contributed by atoms with Gasteiger partial charge in [-0.1, -0.05) is 17.7 Å². The van der Waals surface area contributed by atoms with E-state index in [9.17, 15) is 21.6 Å². The number of hydrogen-bond donors (Lipinski definition) is 2. The number of aryl methyl sites for hydroxylation is 1. The summed E-state index contributed by atoms with van der Waals surface area (Å²) in [5, 5.41) is 4.94. The average Bonchev–Trinajstić information content (AvgIpc) is 2.75. The minimum atomic E-state index is -4.64. The lowest BCUT2D eigenvalue weighted by Crippen LogP contribution is -2.13. The van der Waals surface area contributed by atoms with E-state index in [-0.39, 0.29) is 9.92 Å². The van der Waals surface area contributed by atoms with Crippen LogP contribution < -0.4 is 4.72 Å². The number of alkyl halides is 3. The summed E-state index contributed by atoms with van der Waals surface area (Å²) in [6, 6.07) is 4.77. The molecule has 0 saturated carbocycles. The van der Waals surface area contributed by atoms with Gasteiger partial charge in [0.1, 0.15) is 10.6 Å². The highest BCUT2D eigenvalue weighted by Gasteiger charge is 2.33. The fourth-order valence-corrected chi connectivity index (χ4v) is 3.13. The highest BCUT2D eigenvalue weighted by atomic mass is 35.5. The summed E-state index contributed by atoms with van der Waals surface area (Å²) in [7, 11) is -4.12. The maximum Gasteiger partial charge on any atom is 0.432 e. The van der Waals surface area contributed by atoms with E-state index in [0.29, 0.717) is 6.07 Å². The lowest BCUT2D eigenvalue weighted by atomic mass is 10.2. The summed E-state index contributed by atoms with van der Waals surface area (Å²) < 4.78 is 63.2. The van der Waals surface area contributed by atoms with Crippen LogP contribution in [-0.2, 0) is 16.2 Å². The molecular weight excluding hydrogens is 331 g/mol. The van der Waals surface area contributed by atoms with Crippen LogP contribution in [0.5, 0.6) is 0 Å². The zero-order valence-corrected chi connectivity index (χ0v) is 12.1. The SMILES string of the molecule is Cc1ccc(S(=O)(=O)Nc2cc(C(F)(F)F)[nH]n2)c(Cl)c1. The number of nitrogens with one attached hydrogen (secondary N) is 2. The van der Waals surface area contributed by atoms with Gasteiger partial charge in [0.25, 0.3) is 10.0 Å². The fraction of sp³-hybridized carbons (Fsp3) is 0.182. The number of hydrogen-bond acceptors (Lipinski definition) is 3. The first-order valence-electron chi connectivity index (χ1n) is 5.51. The molecule has 0 amide bonds. The Balaban J connectivity index is 2.31. The summed E-state index contributed by atoms with van der Waals surface area (Å²) in [6.07, 6.45) is -4.64. The fourth-order valence-electron chi connectivity index (χ4n) is 1.54. The number of aromatic amines is 1. The molecule has 1 aromatic carbocycles. The van der Waals surface area contributed by atoms with E-state index in [4.69, 9.17) is 11.6 Å². The van der Waals surface area contributed by atoms with Gasteiger partial charge in [0.15, 0.2) is 5.82 Å². The second-order valence-corrected chi connectivity index (χ2v) is 6.26. The molecule has 2 rings (SSSR count). The van der Waals surface area contributed by atoms with E-state index in [1.165, 1.54) is 18.2 Å². The molecule has 21 heavy (non-hydrogen) atoms. The molecule has 0 unspecified atom stereocenters. The number of H-pyrrole nitrogens is 1. The van der Waals surface area contributed by atoms with Crippen LogP contribution >= 0.6 is 11.6 Å². The third kappa shape index (κ3) is 3.48. The van der Waals surface area contributed by atoms with Gasteiger partial charge in [-0.15, -0.1) is 0 Å². The summed E-state index contributed by atoms with van der Waals surface area (Å²) in [6.45, 7) is 1.72. The number of nitrogens with zero attached hydrogens (tertiary/aromatic N) is 1. The van der Waals surface area contributed by atoms with Crippen molar-refractivity contribution >= 4 is 27.4 Å². The molecule has 5 nitrogen and oxygen atoms in total. The summed E-state index contributed by atoms with van der Waals surface area (Å²) in [5.74, 6) is -0.473. The molecule has 0 radical (unpaired) electrons. The summed E-state index contributed by atoms with van der Waals surface area (Å²) in [5.41, 5.74) is -0.409. The van der Waals surface area contributed by atoms with Crippen LogP contribution in [0.25, 0.3) is 0 Å². The van der Waals surface area contributed by atoms with Crippen LogP contribution in [-0.4, -0.2) is 18.6 Å². The molecule has 0 aliphatic rings. The van der Waals surface area contributed by atoms with Gasteiger partial charge < -0.3 is 0 Å². The molecule has 0 aliphatic heterocycles. The predicted octanol–water partition coefficient (Wildman–Crippen LogP) is 3.19. The van der Waals surface area contributed by atoms with E-state index in [1.54, 1.807) is 12.0 Å². The van der Waals surface area contributed by atoms with Crippen molar-refractivity contribution in [2.75, 3.05) is 4.72 Å². The highest BCUT2D eigenvalue weighted by molar-refractivity contribution is 7.92. The van der Waals surface area contributed by atoms with Crippen LogP contribution in [0, 0.1) is 6.92 Å². The Morgan fingerprint density at radius 1 is 1.29 bits per heavy atom. The third-order valence-corrected chi connectivity index (χ3v) is 4.34. The Kier molecular flexibility index (Phi) is 3.89. The molecule has 114 valence electrons. The zero-order chi connectivity index (χ0) is 15.8. The van der Waals surface area contributed by atoms with Gasteiger partial charge in [-0.2, -0.15) is 18.3 Å². The number of aromatic nitrogens is 2. The summed E-state index contributed by atoms with van der Waals surface area (Å²) in [4.78, 5) is -0.244. The molecule has 2 aromatic rings. The van der Waals surface area contributed by atoms with Crippen molar-refractivity contribution < 1.29 is 21.6 Å². The topological polar surface area (TPSA) is 74.8 Å². The quantitative estimate of drug-likeness (QED) is 0.901. The maximum atomic E-state index is 12.4. The van der Waals surface area contributed by atoms with Crippen molar-refractivity contribution in [2.24, 2.45) is 0 Å². The Bertz CT molecular complexity index is 771. The van der Waals surface area contributed by atoms with E-state index in [1.807, 2.05) is 4.72 Å². The van der Waals surface area contributed by atoms with E-state index >= 15 is 0 Å². The van der Waals surface area contributed by atoms with Crippen LogP contribution in [0.1, 0.15) is 11.3 Å². The molecule has 1 heterocycles. The minimum absolute atomic E-state index is 0.0333. The number of benzene rings is 1. The van der Waals surface area contributed by atoms with Crippen LogP contribution in [0.15, 0.2) is 29.2 Å². The smallest absolute Gasteiger partial charge is 0.271 e. The number of rotatable bonds is 3. The lowest BCUT2D eigenvalue weighted by Gasteiger charge is -2.07. The van der Waals surface area contributed by atoms with Crippen LogP contribution in [0.2, 0.25) is 5.02 Å². The first-order chi connectivity index (χ1) is 9.59. The first-order valence-corrected chi connectivity index (χ1v) is 7.37. The molecule has 0 atom stereocenters. The Hall–Kier alpha value is -1.74. The lowest BCUT2D eigenvalue weighted by molar-refractivity contribution is -0.141. The summed E-state index contributed by atoms with van der Waals surface area (Å²) >= 11 is 5.83. The average molecular weight is 340 g/mol. The third-order valence-electron chi connectivity index (χ3n) is 2.50. The highest BCUT2D eigenvalue weighted by Crippen LogP contribution is 2.30. The Labute approximate surface area is 123 Å². The molecule has 0 fully saturated rings. The standard InChI is InChI=1S/C11H9ClF3N3O2S/c1-6-2-3-8(7(12)4-6)21(19,20)18-10-5-9(16-17-10)11(13,14)15/h2-5H,1H3,(H2,16,17,18). The van der Waals surface area contributed by atoms with Crippen molar-refractivity contribution in [1.82, 2.24) is 10.2 Å². The van der Waals surface area contributed by atoms with E-state index in [2.05, 4.69) is 5.10 Å². The second kappa shape index (κ2) is 5.23. The molecule has 0 spiro atoms. The van der Waals surface area contributed by atoms with Gasteiger partial charge >= 0.3 is 6.18 Å². The van der Waals surface area contributed by atoms with Crippen LogP contribution in [0.3, 0.4) is 0 Å². The van der Waals surface area contributed by atoms with Gasteiger partial charge in [0, 0.05) is 6.07 Å². The molecule has 2 N–H and O–H groups in total. The van der Waals surface area contributed by atoms with Crippen LogP contribution in [0.4, 0.5) is 19.0 Å². The molecular formula is C11H9ClF3N3O2S. The second-order valence-electron chi connectivity index (χ2n) is 4.20. The Morgan fingerprint density at radius 3 is 2.48 bits per heavy atom. The van der Waals surface area contributed by atoms with Crippen molar-refractivity contribution in [1.29, 1.82) is 0 Å². The van der Waals surface area contributed by atoms with Gasteiger partial charge in [0.2, 0.25) is 0 Å². The van der Waals surface area contributed by atoms with Gasteiger partial charge in [0.05, 0.1) is 5.02 Å². The van der Waals surface area contributed by atoms with Gasteiger partial charge in [-0.05, 0) is 24.6 Å². The monoisotopic (exact) mass is 339 g/mol. The molecule has 0 bridgehead atoms. The maximum absolute atomic E-state index is 12.4. The number of sulfonamides is 1. The van der Waals surface area contributed by atoms with Crippen molar-refractivity contribution in [3.8, 4) is 0 Å². The minimum Gasteiger partial charge on any atom is -0.271 e. The largest absolute Gasteiger partial charge is 0.432 e. The Morgan fingerprint density at radius 2 is 1.95 bits per heavy atom. The molecule has 0 saturated heterocycles. The van der Waals surface area contributed by atoms with Crippen molar-refractivity contribution in [3.05, 3.63) is 40.5 Å². The van der Waals surface area contributed by atoms with Gasteiger partial charge in [-0.3, -0.25) is 9.82 Å². The zero-order valence-electron chi connectivity index (χ0n) is 10.5. The van der Waals surface area contributed by atoms with Crippen molar-refractivity contribution in [2.45, 2.75) is 18.0 Å². The van der Waals surface area contributed by atoms with E-state index < -0.39 is 27.7 Å². The normalized spacial score (nSPS) is 12.4. The van der Waals surface area contributed by atoms with E-state index in [0.717, 1.165) is 5.56 Å². The predicted molar refractivity (Wildman–Crippen MR) is 70.6 cm³/mol. The number of halogens is 4. The molecule has 0 aliphatic carbocycles. The van der Waals surface area contributed by atoms with Crippen molar-refractivity contribution in [3.63, 3.8) is 0 Å². The number of anilines is 1. The molecule has 10 heteroatoms. The first kappa shape index (κ1) is 15.6.